The summed E-state index contributed by atoms with van der Waals surface area (Å²) in [7, 11) is 1.77. The van der Waals surface area contributed by atoms with Gasteiger partial charge in [-0.05, 0) is 31.4 Å². The summed E-state index contributed by atoms with van der Waals surface area (Å²) >= 11 is 0. The molecule has 1 aliphatic rings. The minimum Gasteiger partial charge on any atom is -0.349 e. The third-order valence-corrected chi connectivity index (χ3v) is 3.47. The topological polar surface area (TPSA) is 58.9 Å². The summed E-state index contributed by atoms with van der Waals surface area (Å²) in [6.07, 6.45) is 4.10. The van der Waals surface area contributed by atoms with Gasteiger partial charge in [0, 0.05) is 25.8 Å². The van der Waals surface area contributed by atoms with Crippen LogP contribution in [0.15, 0.2) is 12.3 Å². The Hall–Kier alpha value is -1.36. The van der Waals surface area contributed by atoms with Crippen molar-refractivity contribution in [3.8, 4) is 0 Å². The zero-order valence-electron chi connectivity index (χ0n) is 10.4. The Morgan fingerprint density at radius 3 is 3.18 bits per heavy atom. The molecule has 5 nitrogen and oxygen atoms in total. The van der Waals surface area contributed by atoms with Crippen molar-refractivity contribution in [2.45, 2.75) is 25.8 Å². The lowest BCUT2D eigenvalue weighted by Crippen LogP contribution is -2.48. The number of carbonyl (C=O) groups is 1. The molecule has 0 bridgehead atoms. The van der Waals surface area contributed by atoms with Gasteiger partial charge >= 0.3 is 0 Å². The summed E-state index contributed by atoms with van der Waals surface area (Å²) in [5.74, 6) is 0.570. The Kier molecular flexibility index (Phi) is 3.78. The zero-order chi connectivity index (χ0) is 12.3. The highest BCUT2D eigenvalue weighted by atomic mass is 16.2. The van der Waals surface area contributed by atoms with Gasteiger partial charge in [0.2, 0.25) is 0 Å². The van der Waals surface area contributed by atoms with Gasteiger partial charge in [-0.1, -0.05) is 6.92 Å². The number of carbonyl (C=O) groups excluding carboxylic acids is 1. The van der Waals surface area contributed by atoms with E-state index in [0.717, 1.165) is 6.54 Å². The van der Waals surface area contributed by atoms with Crippen LogP contribution in [0, 0.1) is 5.92 Å². The summed E-state index contributed by atoms with van der Waals surface area (Å²) in [5, 5.41) is 10.4. The van der Waals surface area contributed by atoms with E-state index in [9.17, 15) is 4.79 Å². The number of aromatic nitrogens is 2. The van der Waals surface area contributed by atoms with Crippen LogP contribution in [0.1, 0.15) is 30.3 Å². The molecule has 17 heavy (non-hydrogen) atoms. The van der Waals surface area contributed by atoms with Crippen LogP contribution in [0.3, 0.4) is 0 Å². The van der Waals surface area contributed by atoms with E-state index in [-0.39, 0.29) is 5.91 Å². The predicted octanol–water partition coefficient (Wildman–Crippen LogP) is 0.538. The first-order chi connectivity index (χ1) is 8.18. The van der Waals surface area contributed by atoms with Crippen LogP contribution in [-0.4, -0.2) is 34.8 Å². The van der Waals surface area contributed by atoms with E-state index in [0.29, 0.717) is 24.2 Å². The van der Waals surface area contributed by atoms with E-state index < -0.39 is 0 Å². The second-order valence-electron chi connectivity index (χ2n) is 4.73. The third kappa shape index (κ3) is 2.85. The van der Waals surface area contributed by atoms with Crippen molar-refractivity contribution in [3.63, 3.8) is 0 Å². The van der Waals surface area contributed by atoms with E-state index >= 15 is 0 Å². The van der Waals surface area contributed by atoms with Crippen molar-refractivity contribution in [1.82, 2.24) is 20.4 Å². The Morgan fingerprint density at radius 2 is 2.53 bits per heavy atom. The van der Waals surface area contributed by atoms with E-state index in [1.165, 1.54) is 12.8 Å². The normalized spacial score (nSPS) is 24.6. The summed E-state index contributed by atoms with van der Waals surface area (Å²) in [5.41, 5.74) is 0.605. The van der Waals surface area contributed by atoms with Crippen LogP contribution in [0.5, 0.6) is 0 Å². The van der Waals surface area contributed by atoms with Crippen LogP contribution in [0.2, 0.25) is 0 Å². The first kappa shape index (κ1) is 12.1. The SMILES string of the molecule is CC1CCCNC1CNC(=O)c1ccnn1C. The van der Waals surface area contributed by atoms with Crippen molar-refractivity contribution in [2.75, 3.05) is 13.1 Å². The summed E-state index contributed by atoms with van der Waals surface area (Å²) < 4.78 is 1.59. The maximum Gasteiger partial charge on any atom is 0.269 e. The molecule has 2 atom stereocenters. The average Bonchev–Trinajstić information content (AvgIpc) is 2.74. The molecule has 2 N–H and O–H groups in total. The van der Waals surface area contributed by atoms with E-state index in [1.807, 2.05) is 0 Å². The fraction of sp³-hybridized carbons (Fsp3) is 0.667. The maximum absolute atomic E-state index is 11.9. The molecule has 1 amide bonds. The average molecular weight is 236 g/mol. The Balaban J connectivity index is 1.86. The molecule has 2 rings (SSSR count). The lowest BCUT2D eigenvalue weighted by Gasteiger charge is -2.30. The van der Waals surface area contributed by atoms with Crippen LogP contribution in [-0.2, 0) is 7.05 Å². The van der Waals surface area contributed by atoms with Crippen molar-refractivity contribution in [3.05, 3.63) is 18.0 Å². The van der Waals surface area contributed by atoms with Gasteiger partial charge in [0.25, 0.3) is 5.91 Å². The lowest BCUT2D eigenvalue weighted by atomic mass is 9.93. The van der Waals surface area contributed by atoms with E-state index in [1.54, 1.807) is 24.0 Å². The number of rotatable bonds is 3. The molecule has 0 radical (unpaired) electrons. The highest BCUT2D eigenvalue weighted by Crippen LogP contribution is 2.14. The Bertz CT molecular complexity index is 388. The number of hydrogen-bond donors (Lipinski definition) is 2. The molecule has 2 unspecified atom stereocenters. The molecule has 0 aromatic carbocycles. The second kappa shape index (κ2) is 5.31. The van der Waals surface area contributed by atoms with Crippen LogP contribution in [0.4, 0.5) is 0 Å². The molecule has 5 heteroatoms. The first-order valence-corrected chi connectivity index (χ1v) is 6.18. The Morgan fingerprint density at radius 1 is 1.71 bits per heavy atom. The van der Waals surface area contributed by atoms with Crippen LogP contribution < -0.4 is 10.6 Å². The van der Waals surface area contributed by atoms with E-state index in [4.69, 9.17) is 0 Å². The quantitative estimate of drug-likeness (QED) is 0.805. The van der Waals surface area contributed by atoms with Gasteiger partial charge in [0.05, 0.1) is 0 Å². The molecule has 1 aliphatic heterocycles. The van der Waals surface area contributed by atoms with Gasteiger partial charge in [-0.3, -0.25) is 9.48 Å². The largest absolute Gasteiger partial charge is 0.349 e. The lowest BCUT2D eigenvalue weighted by molar-refractivity contribution is 0.0934. The number of aryl methyl sites for hydroxylation is 1. The molecule has 1 fully saturated rings. The highest BCUT2D eigenvalue weighted by Gasteiger charge is 2.21. The molecule has 1 aromatic heterocycles. The minimum absolute atomic E-state index is 0.0513. The molecule has 0 spiro atoms. The summed E-state index contributed by atoms with van der Waals surface area (Å²) in [6.45, 7) is 3.97. The van der Waals surface area contributed by atoms with E-state index in [2.05, 4.69) is 22.7 Å². The standard InChI is InChI=1S/C12H20N4O/c1-9-4-3-6-13-10(9)8-14-12(17)11-5-7-15-16(11)2/h5,7,9-10,13H,3-4,6,8H2,1-2H3,(H,14,17). The maximum atomic E-state index is 11.9. The summed E-state index contributed by atoms with van der Waals surface area (Å²) in [6, 6.07) is 2.12. The molecule has 0 saturated carbocycles. The van der Waals surface area contributed by atoms with Crippen molar-refractivity contribution in [2.24, 2.45) is 13.0 Å². The molecular weight excluding hydrogens is 216 g/mol. The highest BCUT2D eigenvalue weighted by molar-refractivity contribution is 5.92. The predicted molar refractivity (Wildman–Crippen MR) is 65.7 cm³/mol. The third-order valence-electron chi connectivity index (χ3n) is 3.47. The van der Waals surface area contributed by atoms with Gasteiger partial charge in [-0.25, -0.2) is 0 Å². The van der Waals surface area contributed by atoms with Gasteiger partial charge in [-0.15, -0.1) is 0 Å². The smallest absolute Gasteiger partial charge is 0.269 e. The molecule has 2 heterocycles. The van der Waals surface area contributed by atoms with Crippen LogP contribution in [0.25, 0.3) is 0 Å². The molecule has 1 aromatic rings. The van der Waals surface area contributed by atoms with Gasteiger partial charge in [-0.2, -0.15) is 5.10 Å². The number of piperidine rings is 1. The Labute approximate surface area is 102 Å². The van der Waals surface area contributed by atoms with Crippen molar-refractivity contribution >= 4 is 5.91 Å². The van der Waals surface area contributed by atoms with Crippen molar-refractivity contribution in [1.29, 1.82) is 0 Å². The molecule has 0 aliphatic carbocycles. The minimum atomic E-state index is -0.0513. The van der Waals surface area contributed by atoms with Gasteiger partial charge < -0.3 is 10.6 Å². The number of amides is 1. The fourth-order valence-corrected chi connectivity index (χ4v) is 2.28. The zero-order valence-corrected chi connectivity index (χ0v) is 10.4. The number of nitrogens with one attached hydrogen (secondary N) is 2. The molecule has 94 valence electrons. The molecular formula is C12H20N4O. The number of nitrogens with zero attached hydrogens (tertiary/aromatic N) is 2. The summed E-state index contributed by atoms with van der Waals surface area (Å²) in [4.78, 5) is 11.9. The van der Waals surface area contributed by atoms with Gasteiger partial charge in [0.1, 0.15) is 5.69 Å². The second-order valence-corrected chi connectivity index (χ2v) is 4.73. The van der Waals surface area contributed by atoms with Crippen LogP contribution >= 0.6 is 0 Å². The number of hydrogen-bond acceptors (Lipinski definition) is 3. The molecule has 1 saturated heterocycles. The monoisotopic (exact) mass is 236 g/mol. The van der Waals surface area contributed by atoms with Crippen molar-refractivity contribution < 1.29 is 4.79 Å². The fourth-order valence-electron chi connectivity index (χ4n) is 2.28. The van der Waals surface area contributed by atoms with Gasteiger partial charge in [0.15, 0.2) is 0 Å². The first-order valence-electron chi connectivity index (χ1n) is 6.18.